The number of rotatable bonds is 5. The van der Waals surface area contributed by atoms with Crippen LogP contribution in [0.4, 0.5) is 0 Å². The van der Waals surface area contributed by atoms with Crippen molar-refractivity contribution in [1.29, 1.82) is 0 Å². The molecule has 2 heterocycles. The van der Waals surface area contributed by atoms with Gasteiger partial charge >= 0.3 is 0 Å². The third-order valence-electron chi connectivity index (χ3n) is 5.06. The van der Waals surface area contributed by atoms with Gasteiger partial charge in [-0.3, -0.25) is 4.90 Å². The molecule has 0 unspecified atom stereocenters. The van der Waals surface area contributed by atoms with Crippen molar-refractivity contribution < 1.29 is 0 Å². The lowest BCUT2D eigenvalue weighted by Crippen LogP contribution is -2.38. The Morgan fingerprint density at radius 3 is 3.00 bits per heavy atom. The summed E-state index contributed by atoms with van der Waals surface area (Å²) in [5, 5.41) is 0. The van der Waals surface area contributed by atoms with E-state index in [-0.39, 0.29) is 0 Å². The van der Waals surface area contributed by atoms with Gasteiger partial charge in [0.25, 0.3) is 0 Å². The fourth-order valence-corrected chi connectivity index (χ4v) is 4.43. The average molecular weight is 302 g/mol. The van der Waals surface area contributed by atoms with E-state index in [9.17, 15) is 0 Å². The van der Waals surface area contributed by atoms with Crippen LogP contribution in [0.15, 0.2) is 18.2 Å². The summed E-state index contributed by atoms with van der Waals surface area (Å²) in [5.41, 5.74) is 3.38. The summed E-state index contributed by atoms with van der Waals surface area (Å²) < 4.78 is 8.59. The van der Waals surface area contributed by atoms with Crippen LogP contribution in [0.2, 0.25) is 0 Å². The summed E-state index contributed by atoms with van der Waals surface area (Å²) in [7, 11) is 2.22. The van der Waals surface area contributed by atoms with Gasteiger partial charge < -0.3 is 4.90 Å². The van der Waals surface area contributed by atoms with Crippen molar-refractivity contribution in [3.8, 4) is 0 Å². The Balaban J connectivity index is 1.31. The molecule has 0 amide bonds. The number of hydrogen-bond acceptors (Lipinski definition) is 5. The van der Waals surface area contributed by atoms with Crippen LogP contribution in [0.3, 0.4) is 0 Å². The molecule has 2 aliphatic rings. The highest BCUT2D eigenvalue weighted by Gasteiger charge is 2.37. The molecule has 21 heavy (non-hydrogen) atoms. The first-order chi connectivity index (χ1) is 10.3. The molecule has 1 saturated heterocycles. The molecule has 2 aromatic rings. The summed E-state index contributed by atoms with van der Waals surface area (Å²) in [6.45, 7) is 4.71. The van der Waals surface area contributed by atoms with E-state index in [1.54, 1.807) is 0 Å². The van der Waals surface area contributed by atoms with Crippen LogP contribution >= 0.6 is 11.7 Å². The molecule has 0 radical (unpaired) electrons. The van der Waals surface area contributed by atoms with Gasteiger partial charge in [0.1, 0.15) is 11.0 Å². The molecule has 2 bridgehead atoms. The van der Waals surface area contributed by atoms with Gasteiger partial charge in [-0.15, -0.1) is 0 Å². The monoisotopic (exact) mass is 302 g/mol. The van der Waals surface area contributed by atoms with E-state index < -0.39 is 0 Å². The van der Waals surface area contributed by atoms with Crippen LogP contribution in [0.1, 0.15) is 24.8 Å². The van der Waals surface area contributed by atoms with E-state index in [4.69, 9.17) is 0 Å². The number of likely N-dealkylation sites (tertiary alicyclic amines) is 1. The van der Waals surface area contributed by atoms with Crippen molar-refractivity contribution in [3.05, 3.63) is 23.8 Å². The van der Waals surface area contributed by atoms with E-state index >= 15 is 0 Å². The summed E-state index contributed by atoms with van der Waals surface area (Å²) in [6.07, 6.45) is 4.36. The first-order valence-corrected chi connectivity index (χ1v) is 8.65. The van der Waals surface area contributed by atoms with E-state index in [1.165, 1.54) is 49.6 Å². The number of piperidine rings is 1. The second kappa shape index (κ2) is 5.63. The zero-order chi connectivity index (χ0) is 14.2. The Bertz CT molecular complexity index is 626. The van der Waals surface area contributed by atoms with Crippen LogP contribution in [-0.2, 0) is 6.54 Å². The molecule has 1 aromatic heterocycles. The van der Waals surface area contributed by atoms with E-state index in [0.717, 1.165) is 36.1 Å². The Morgan fingerprint density at radius 1 is 1.29 bits per heavy atom. The minimum absolute atomic E-state index is 0.890. The van der Waals surface area contributed by atoms with Gasteiger partial charge in [-0.25, -0.2) is 0 Å². The molecular formula is C16H22N4S. The molecule has 1 aromatic carbocycles. The quantitative estimate of drug-likeness (QED) is 0.850. The molecule has 1 aliphatic heterocycles. The summed E-state index contributed by atoms with van der Waals surface area (Å²) in [5.74, 6) is 1.000. The third-order valence-corrected chi connectivity index (χ3v) is 5.62. The standard InChI is InChI=1S/C16H22N4S/c1-19(6-7-20-11-12-2-4-14(20)8-12)10-13-3-5-15-16(9-13)18-21-17-15/h3,5,9,12,14H,2,4,6-8,10-11H2,1H3/t12-,14+/m1/s1. The molecule has 5 heteroatoms. The molecule has 1 aliphatic carbocycles. The number of aromatic nitrogens is 2. The average Bonchev–Trinajstić information content (AvgIpc) is 3.20. The maximum Gasteiger partial charge on any atom is 0.105 e. The normalized spacial score (nSPS) is 25.4. The lowest BCUT2D eigenvalue weighted by Gasteiger charge is -2.28. The van der Waals surface area contributed by atoms with E-state index in [0.29, 0.717) is 0 Å². The first-order valence-electron chi connectivity index (χ1n) is 7.92. The van der Waals surface area contributed by atoms with Crippen LogP contribution in [0, 0.1) is 5.92 Å². The van der Waals surface area contributed by atoms with E-state index in [1.807, 2.05) is 0 Å². The Kier molecular flexibility index (Phi) is 3.65. The summed E-state index contributed by atoms with van der Waals surface area (Å²) in [4.78, 5) is 5.13. The molecule has 0 spiro atoms. The van der Waals surface area contributed by atoms with Gasteiger partial charge in [0.05, 0.1) is 11.7 Å². The molecular weight excluding hydrogens is 280 g/mol. The topological polar surface area (TPSA) is 32.3 Å². The first kappa shape index (κ1) is 13.6. The second-order valence-electron chi connectivity index (χ2n) is 6.65. The minimum Gasteiger partial charge on any atom is -0.301 e. The van der Waals surface area contributed by atoms with Crippen molar-refractivity contribution in [1.82, 2.24) is 18.5 Å². The number of benzene rings is 1. The van der Waals surface area contributed by atoms with Gasteiger partial charge in [0.15, 0.2) is 0 Å². The molecule has 4 nitrogen and oxygen atoms in total. The fraction of sp³-hybridized carbons (Fsp3) is 0.625. The molecule has 2 fully saturated rings. The zero-order valence-corrected chi connectivity index (χ0v) is 13.4. The summed E-state index contributed by atoms with van der Waals surface area (Å²) in [6, 6.07) is 7.33. The van der Waals surface area contributed by atoms with Crippen LogP contribution in [0.25, 0.3) is 11.0 Å². The largest absolute Gasteiger partial charge is 0.301 e. The summed E-state index contributed by atoms with van der Waals surface area (Å²) >= 11 is 1.29. The fourth-order valence-electron chi connectivity index (χ4n) is 3.92. The van der Waals surface area contributed by atoms with Gasteiger partial charge in [0.2, 0.25) is 0 Å². The SMILES string of the molecule is CN(CCN1C[C@@H]2CC[C@H]1C2)Cc1ccc2nsnc2c1. The number of likely N-dealkylation sites (N-methyl/N-ethyl adjacent to an activating group) is 1. The van der Waals surface area contributed by atoms with Crippen molar-refractivity contribution in [2.24, 2.45) is 5.92 Å². The molecule has 1 saturated carbocycles. The van der Waals surface area contributed by atoms with Gasteiger partial charge in [0, 0.05) is 32.2 Å². The molecule has 0 N–H and O–H groups in total. The third kappa shape index (κ3) is 2.82. The van der Waals surface area contributed by atoms with Crippen LogP contribution < -0.4 is 0 Å². The van der Waals surface area contributed by atoms with Crippen molar-refractivity contribution in [2.75, 3.05) is 26.7 Å². The highest BCUT2D eigenvalue weighted by Crippen LogP contribution is 2.36. The lowest BCUT2D eigenvalue weighted by molar-refractivity contribution is 0.182. The highest BCUT2D eigenvalue weighted by molar-refractivity contribution is 7.00. The maximum absolute atomic E-state index is 4.33. The second-order valence-corrected chi connectivity index (χ2v) is 7.18. The van der Waals surface area contributed by atoms with Gasteiger partial charge in [-0.1, -0.05) is 6.07 Å². The minimum atomic E-state index is 0.890. The zero-order valence-electron chi connectivity index (χ0n) is 12.5. The smallest absolute Gasteiger partial charge is 0.105 e. The Morgan fingerprint density at radius 2 is 2.19 bits per heavy atom. The van der Waals surface area contributed by atoms with Gasteiger partial charge in [-0.05, 0) is 49.9 Å². The molecule has 2 atom stereocenters. The van der Waals surface area contributed by atoms with Crippen LogP contribution in [-0.4, -0.2) is 51.3 Å². The van der Waals surface area contributed by atoms with Crippen molar-refractivity contribution in [3.63, 3.8) is 0 Å². The number of fused-ring (bicyclic) bond motifs is 3. The van der Waals surface area contributed by atoms with Gasteiger partial charge in [-0.2, -0.15) is 8.75 Å². The van der Waals surface area contributed by atoms with Crippen molar-refractivity contribution >= 4 is 22.8 Å². The van der Waals surface area contributed by atoms with Crippen molar-refractivity contribution in [2.45, 2.75) is 31.8 Å². The molecule has 112 valence electrons. The Labute approximate surface area is 130 Å². The lowest BCUT2D eigenvalue weighted by atomic mass is 10.1. The highest BCUT2D eigenvalue weighted by atomic mass is 32.1. The maximum atomic E-state index is 4.33. The predicted octanol–water partition coefficient (Wildman–Crippen LogP) is 2.61. The number of hydrogen-bond donors (Lipinski definition) is 0. The number of nitrogens with zero attached hydrogens (tertiary/aromatic N) is 4. The van der Waals surface area contributed by atoms with E-state index in [2.05, 4.69) is 43.8 Å². The van der Waals surface area contributed by atoms with Crippen LogP contribution in [0.5, 0.6) is 0 Å². The Hall–Kier alpha value is -1.04. The molecule has 4 rings (SSSR count). The predicted molar refractivity (Wildman–Crippen MR) is 86.5 cm³/mol.